The Balaban J connectivity index is 1.91. The van der Waals surface area contributed by atoms with Crippen molar-refractivity contribution < 1.29 is 17.9 Å². The molecule has 0 unspecified atom stereocenters. The Kier molecular flexibility index (Phi) is 4.88. The summed E-state index contributed by atoms with van der Waals surface area (Å²) in [5.74, 6) is 2.00. The van der Waals surface area contributed by atoms with E-state index in [4.69, 9.17) is 9.47 Å². The second kappa shape index (κ2) is 6.45. The van der Waals surface area contributed by atoms with Crippen LogP contribution in [-0.2, 0) is 16.3 Å². The van der Waals surface area contributed by atoms with Gasteiger partial charge in [0.15, 0.2) is 21.3 Å². The topological polar surface area (TPSA) is 55.8 Å². The van der Waals surface area contributed by atoms with Crippen molar-refractivity contribution in [2.45, 2.75) is 6.42 Å². The number of ether oxygens (including phenoxy) is 2. The van der Waals surface area contributed by atoms with Crippen LogP contribution in [0.2, 0.25) is 0 Å². The quantitative estimate of drug-likeness (QED) is 0.811. The van der Waals surface area contributed by atoms with Gasteiger partial charge in [0.1, 0.15) is 0 Å². The molecular weight excluding hydrogens is 278 g/mol. The standard InChI is InChI=1S/C14H21NO4S/c1-18-13-4-3-12(11-14(13)19-2)5-6-15-7-9-20(16,17)10-8-15/h3-4,11H,5-10H2,1-2H3. The van der Waals surface area contributed by atoms with Crippen molar-refractivity contribution in [1.29, 1.82) is 0 Å². The van der Waals surface area contributed by atoms with Gasteiger partial charge in [0.25, 0.3) is 0 Å². The molecule has 0 atom stereocenters. The Labute approximate surface area is 120 Å². The summed E-state index contributed by atoms with van der Waals surface area (Å²) in [6.45, 7) is 2.14. The van der Waals surface area contributed by atoms with Gasteiger partial charge in [0.05, 0.1) is 25.7 Å². The molecule has 0 spiro atoms. The van der Waals surface area contributed by atoms with Gasteiger partial charge in [0.2, 0.25) is 0 Å². The van der Waals surface area contributed by atoms with E-state index in [2.05, 4.69) is 4.90 Å². The van der Waals surface area contributed by atoms with Crippen LogP contribution in [0.25, 0.3) is 0 Å². The lowest BCUT2D eigenvalue weighted by Gasteiger charge is -2.26. The summed E-state index contributed by atoms with van der Waals surface area (Å²) in [5, 5.41) is 0. The Morgan fingerprint density at radius 3 is 2.35 bits per heavy atom. The van der Waals surface area contributed by atoms with Crippen LogP contribution < -0.4 is 9.47 Å². The van der Waals surface area contributed by atoms with E-state index in [9.17, 15) is 8.42 Å². The maximum atomic E-state index is 11.4. The average molecular weight is 299 g/mol. The molecule has 112 valence electrons. The minimum atomic E-state index is -2.80. The SMILES string of the molecule is COc1ccc(CCN2CCS(=O)(=O)CC2)cc1OC. The van der Waals surface area contributed by atoms with Gasteiger partial charge in [-0.05, 0) is 24.1 Å². The highest BCUT2D eigenvalue weighted by Crippen LogP contribution is 2.27. The van der Waals surface area contributed by atoms with Gasteiger partial charge in [-0.15, -0.1) is 0 Å². The number of nitrogens with zero attached hydrogens (tertiary/aromatic N) is 1. The minimum Gasteiger partial charge on any atom is -0.493 e. The number of benzene rings is 1. The van der Waals surface area contributed by atoms with Gasteiger partial charge in [-0.2, -0.15) is 0 Å². The van der Waals surface area contributed by atoms with E-state index in [0.717, 1.165) is 30.0 Å². The number of hydrogen-bond acceptors (Lipinski definition) is 5. The van der Waals surface area contributed by atoms with Gasteiger partial charge < -0.3 is 14.4 Å². The van der Waals surface area contributed by atoms with Gasteiger partial charge in [-0.1, -0.05) is 6.07 Å². The Morgan fingerprint density at radius 1 is 1.10 bits per heavy atom. The largest absolute Gasteiger partial charge is 0.493 e. The summed E-state index contributed by atoms with van der Waals surface area (Å²) < 4.78 is 33.2. The number of rotatable bonds is 5. The van der Waals surface area contributed by atoms with Crippen LogP contribution in [0.3, 0.4) is 0 Å². The zero-order chi connectivity index (χ0) is 14.6. The second-order valence-electron chi connectivity index (χ2n) is 4.93. The second-order valence-corrected chi connectivity index (χ2v) is 7.24. The summed E-state index contributed by atoms with van der Waals surface area (Å²) in [6, 6.07) is 5.89. The van der Waals surface area contributed by atoms with Crippen LogP contribution in [0, 0.1) is 0 Å². The highest BCUT2D eigenvalue weighted by Gasteiger charge is 2.21. The van der Waals surface area contributed by atoms with Crippen molar-refractivity contribution in [2.24, 2.45) is 0 Å². The van der Waals surface area contributed by atoms with Crippen LogP contribution in [-0.4, -0.2) is 58.7 Å². The first-order valence-electron chi connectivity index (χ1n) is 6.68. The summed E-state index contributed by atoms with van der Waals surface area (Å²) >= 11 is 0. The summed E-state index contributed by atoms with van der Waals surface area (Å²) in [5.41, 5.74) is 1.16. The molecule has 5 nitrogen and oxygen atoms in total. The third-order valence-corrected chi connectivity index (χ3v) is 5.21. The van der Waals surface area contributed by atoms with Crippen molar-refractivity contribution >= 4 is 9.84 Å². The maximum Gasteiger partial charge on any atom is 0.160 e. The third kappa shape index (κ3) is 3.86. The lowest BCUT2D eigenvalue weighted by Crippen LogP contribution is -2.41. The fourth-order valence-electron chi connectivity index (χ4n) is 2.30. The van der Waals surface area contributed by atoms with Crippen molar-refractivity contribution in [2.75, 3.05) is 45.4 Å². The first-order chi connectivity index (χ1) is 9.54. The molecule has 0 saturated carbocycles. The van der Waals surface area contributed by atoms with Crippen LogP contribution in [0.5, 0.6) is 11.5 Å². The van der Waals surface area contributed by atoms with E-state index in [0.29, 0.717) is 13.1 Å². The molecule has 2 rings (SSSR count). The molecule has 0 N–H and O–H groups in total. The van der Waals surface area contributed by atoms with Crippen LogP contribution in [0.4, 0.5) is 0 Å². The third-order valence-electron chi connectivity index (χ3n) is 3.60. The van der Waals surface area contributed by atoms with Crippen molar-refractivity contribution in [3.05, 3.63) is 23.8 Å². The van der Waals surface area contributed by atoms with E-state index >= 15 is 0 Å². The molecule has 0 aromatic heterocycles. The predicted molar refractivity (Wildman–Crippen MR) is 78.3 cm³/mol. The van der Waals surface area contributed by atoms with Crippen LogP contribution in [0.15, 0.2) is 18.2 Å². The lowest BCUT2D eigenvalue weighted by atomic mass is 10.1. The van der Waals surface area contributed by atoms with Gasteiger partial charge >= 0.3 is 0 Å². The lowest BCUT2D eigenvalue weighted by molar-refractivity contribution is 0.299. The van der Waals surface area contributed by atoms with Crippen molar-refractivity contribution in [3.63, 3.8) is 0 Å². The molecule has 1 heterocycles. The molecule has 1 aromatic carbocycles. The smallest absolute Gasteiger partial charge is 0.160 e. The molecule has 1 aliphatic rings. The zero-order valence-corrected chi connectivity index (χ0v) is 12.8. The molecule has 0 amide bonds. The number of methoxy groups -OCH3 is 2. The molecule has 20 heavy (non-hydrogen) atoms. The first-order valence-corrected chi connectivity index (χ1v) is 8.50. The molecule has 6 heteroatoms. The average Bonchev–Trinajstić information content (AvgIpc) is 2.45. The van der Waals surface area contributed by atoms with E-state index < -0.39 is 9.84 Å². The minimum absolute atomic E-state index is 0.277. The first kappa shape index (κ1) is 15.1. The van der Waals surface area contributed by atoms with Crippen LogP contribution >= 0.6 is 0 Å². The van der Waals surface area contributed by atoms with E-state index in [1.54, 1.807) is 14.2 Å². The Morgan fingerprint density at radius 2 is 1.75 bits per heavy atom. The molecule has 0 aliphatic carbocycles. The molecule has 1 aromatic rings. The maximum absolute atomic E-state index is 11.4. The molecule has 1 aliphatic heterocycles. The molecule has 0 radical (unpaired) electrons. The molecule has 0 bridgehead atoms. The van der Waals surface area contributed by atoms with E-state index in [1.807, 2.05) is 18.2 Å². The Bertz CT molecular complexity index is 542. The van der Waals surface area contributed by atoms with E-state index in [1.165, 1.54) is 0 Å². The van der Waals surface area contributed by atoms with Crippen molar-refractivity contribution in [3.8, 4) is 11.5 Å². The van der Waals surface area contributed by atoms with Gasteiger partial charge in [0, 0.05) is 19.6 Å². The van der Waals surface area contributed by atoms with Crippen LogP contribution in [0.1, 0.15) is 5.56 Å². The zero-order valence-electron chi connectivity index (χ0n) is 12.0. The fraction of sp³-hybridized carbons (Fsp3) is 0.571. The number of hydrogen-bond donors (Lipinski definition) is 0. The predicted octanol–water partition coefficient (Wildman–Crippen LogP) is 0.977. The molecule has 1 fully saturated rings. The number of sulfone groups is 1. The summed E-state index contributed by atoms with van der Waals surface area (Å²) in [6.07, 6.45) is 0.875. The van der Waals surface area contributed by atoms with Gasteiger partial charge in [-0.25, -0.2) is 8.42 Å². The molecular formula is C14H21NO4S. The molecule has 1 saturated heterocycles. The summed E-state index contributed by atoms with van der Waals surface area (Å²) in [7, 11) is 0.442. The summed E-state index contributed by atoms with van der Waals surface area (Å²) in [4.78, 5) is 2.19. The van der Waals surface area contributed by atoms with E-state index in [-0.39, 0.29) is 11.5 Å². The normalized spacial score (nSPS) is 18.7. The highest BCUT2D eigenvalue weighted by atomic mass is 32.2. The van der Waals surface area contributed by atoms with Gasteiger partial charge in [-0.3, -0.25) is 0 Å². The van der Waals surface area contributed by atoms with Crippen molar-refractivity contribution in [1.82, 2.24) is 4.90 Å². The fourth-order valence-corrected chi connectivity index (χ4v) is 3.57. The monoisotopic (exact) mass is 299 g/mol. The Hall–Kier alpha value is -1.27. The highest BCUT2D eigenvalue weighted by molar-refractivity contribution is 7.91.